The highest BCUT2D eigenvalue weighted by Crippen LogP contribution is 2.25. The van der Waals surface area contributed by atoms with Gasteiger partial charge in [-0.05, 0) is 25.0 Å². The van der Waals surface area contributed by atoms with Crippen molar-refractivity contribution in [2.75, 3.05) is 0 Å². The third-order valence-corrected chi connectivity index (χ3v) is 1.46. The van der Waals surface area contributed by atoms with Gasteiger partial charge in [0.25, 0.3) is 0 Å². The van der Waals surface area contributed by atoms with Crippen LogP contribution in [0.15, 0.2) is 24.5 Å². The molecule has 2 nitrogen and oxygen atoms in total. The van der Waals surface area contributed by atoms with Crippen LogP contribution in [0.2, 0.25) is 0 Å². The summed E-state index contributed by atoms with van der Waals surface area (Å²) in [5, 5.41) is 0. The third-order valence-electron chi connectivity index (χ3n) is 1.46. The van der Waals surface area contributed by atoms with E-state index in [0.717, 1.165) is 5.75 Å². The highest BCUT2D eigenvalue weighted by molar-refractivity contribution is 5.16. The van der Waals surface area contributed by atoms with Gasteiger partial charge in [0.15, 0.2) is 0 Å². The third kappa shape index (κ3) is 1.26. The van der Waals surface area contributed by atoms with Crippen LogP contribution in [0, 0.1) is 0 Å². The Morgan fingerprint density at radius 1 is 1.50 bits per heavy atom. The largest absolute Gasteiger partial charge is 0.489 e. The van der Waals surface area contributed by atoms with Crippen LogP contribution in [0.1, 0.15) is 12.8 Å². The summed E-state index contributed by atoms with van der Waals surface area (Å²) in [6, 6.07) is 3.82. The van der Waals surface area contributed by atoms with Crippen LogP contribution in [-0.2, 0) is 0 Å². The van der Waals surface area contributed by atoms with Gasteiger partial charge in [-0.1, -0.05) is 0 Å². The SMILES string of the molecule is c1cncc(OC2CC2)c1. The van der Waals surface area contributed by atoms with E-state index in [9.17, 15) is 0 Å². The second-order valence-electron chi connectivity index (χ2n) is 2.51. The fourth-order valence-electron chi connectivity index (χ4n) is 0.795. The second kappa shape index (κ2) is 2.29. The number of ether oxygens (including phenoxy) is 1. The normalized spacial score (nSPS) is 16.8. The quantitative estimate of drug-likeness (QED) is 0.614. The molecule has 2 rings (SSSR count). The van der Waals surface area contributed by atoms with Crippen molar-refractivity contribution in [2.45, 2.75) is 18.9 Å². The zero-order chi connectivity index (χ0) is 6.81. The van der Waals surface area contributed by atoms with Gasteiger partial charge in [0, 0.05) is 6.20 Å². The molecule has 0 aliphatic heterocycles. The smallest absolute Gasteiger partial charge is 0.137 e. The second-order valence-corrected chi connectivity index (χ2v) is 2.51. The van der Waals surface area contributed by atoms with E-state index < -0.39 is 0 Å². The van der Waals surface area contributed by atoms with Crippen LogP contribution >= 0.6 is 0 Å². The minimum atomic E-state index is 0.476. The average molecular weight is 135 g/mol. The van der Waals surface area contributed by atoms with Crippen LogP contribution in [0.25, 0.3) is 0 Å². The summed E-state index contributed by atoms with van der Waals surface area (Å²) in [4.78, 5) is 3.94. The molecule has 0 spiro atoms. The monoisotopic (exact) mass is 135 g/mol. The van der Waals surface area contributed by atoms with Gasteiger partial charge >= 0.3 is 0 Å². The van der Waals surface area contributed by atoms with E-state index in [2.05, 4.69) is 4.98 Å². The van der Waals surface area contributed by atoms with Crippen LogP contribution in [0.3, 0.4) is 0 Å². The standard InChI is InChI=1S/C8H9NO/c1-2-8(6-9-5-1)10-7-3-4-7/h1-2,5-7H,3-4H2. The lowest BCUT2D eigenvalue weighted by Gasteiger charge is -2.00. The summed E-state index contributed by atoms with van der Waals surface area (Å²) < 4.78 is 5.46. The molecule has 0 bridgehead atoms. The van der Waals surface area contributed by atoms with Gasteiger partial charge in [-0.25, -0.2) is 0 Å². The summed E-state index contributed by atoms with van der Waals surface area (Å²) in [6.45, 7) is 0. The van der Waals surface area contributed by atoms with E-state index >= 15 is 0 Å². The Kier molecular flexibility index (Phi) is 1.31. The Balaban J connectivity index is 2.03. The van der Waals surface area contributed by atoms with Crippen molar-refractivity contribution >= 4 is 0 Å². The average Bonchev–Trinajstić information content (AvgIpc) is 2.74. The van der Waals surface area contributed by atoms with Crippen LogP contribution in [0.4, 0.5) is 0 Å². The lowest BCUT2D eigenvalue weighted by molar-refractivity contribution is 0.302. The predicted molar refractivity (Wildman–Crippen MR) is 37.9 cm³/mol. The zero-order valence-corrected chi connectivity index (χ0v) is 5.66. The fraction of sp³-hybridized carbons (Fsp3) is 0.375. The van der Waals surface area contributed by atoms with Gasteiger partial charge in [-0.3, -0.25) is 4.98 Å². The molecule has 0 N–H and O–H groups in total. The van der Waals surface area contributed by atoms with Crippen LogP contribution < -0.4 is 4.74 Å². The number of nitrogens with zero attached hydrogens (tertiary/aromatic N) is 1. The summed E-state index contributed by atoms with van der Waals surface area (Å²) in [6.07, 6.45) is 6.38. The molecule has 1 aromatic rings. The van der Waals surface area contributed by atoms with Gasteiger partial charge in [-0.2, -0.15) is 0 Å². The molecule has 0 saturated heterocycles. The van der Waals surface area contributed by atoms with Crippen molar-refractivity contribution in [3.05, 3.63) is 24.5 Å². The first-order valence-corrected chi connectivity index (χ1v) is 3.52. The van der Waals surface area contributed by atoms with Crippen LogP contribution in [-0.4, -0.2) is 11.1 Å². The molecule has 1 aliphatic rings. The number of aromatic nitrogens is 1. The van der Waals surface area contributed by atoms with E-state index in [1.54, 1.807) is 12.4 Å². The molecule has 1 aromatic heterocycles. The summed E-state index contributed by atoms with van der Waals surface area (Å²) in [7, 11) is 0. The van der Waals surface area contributed by atoms with Crippen molar-refractivity contribution in [3.8, 4) is 5.75 Å². The van der Waals surface area contributed by atoms with E-state index in [1.807, 2.05) is 12.1 Å². The minimum absolute atomic E-state index is 0.476. The molecule has 1 heterocycles. The summed E-state index contributed by atoms with van der Waals surface area (Å²) >= 11 is 0. The first-order chi connectivity index (χ1) is 4.95. The van der Waals surface area contributed by atoms with Crippen molar-refractivity contribution in [3.63, 3.8) is 0 Å². The molecule has 0 unspecified atom stereocenters. The molecule has 10 heavy (non-hydrogen) atoms. The Hall–Kier alpha value is -1.05. The molecule has 0 atom stereocenters. The molecule has 52 valence electrons. The first-order valence-electron chi connectivity index (χ1n) is 3.52. The number of rotatable bonds is 2. The van der Waals surface area contributed by atoms with Gasteiger partial charge in [-0.15, -0.1) is 0 Å². The highest BCUT2D eigenvalue weighted by atomic mass is 16.5. The molecule has 1 fully saturated rings. The molecule has 0 radical (unpaired) electrons. The van der Waals surface area contributed by atoms with E-state index in [-0.39, 0.29) is 0 Å². The summed E-state index contributed by atoms with van der Waals surface area (Å²) in [5.41, 5.74) is 0. The molecule has 0 aromatic carbocycles. The van der Waals surface area contributed by atoms with Gasteiger partial charge < -0.3 is 4.74 Å². The first kappa shape index (κ1) is 5.71. The van der Waals surface area contributed by atoms with E-state index in [4.69, 9.17) is 4.74 Å². The molecule has 1 saturated carbocycles. The number of hydrogen-bond donors (Lipinski definition) is 0. The maximum absolute atomic E-state index is 5.46. The maximum atomic E-state index is 5.46. The molecular formula is C8H9NO. The lowest BCUT2D eigenvalue weighted by atomic mass is 10.5. The number of hydrogen-bond acceptors (Lipinski definition) is 2. The minimum Gasteiger partial charge on any atom is -0.489 e. The Morgan fingerprint density at radius 2 is 2.40 bits per heavy atom. The highest BCUT2D eigenvalue weighted by Gasteiger charge is 2.23. The van der Waals surface area contributed by atoms with Crippen molar-refractivity contribution in [2.24, 2.45) is 0 Å². The Bertz CT molecular complexity index is 206. The van der Waals surface area contributed by atoms with Gasteiger partial charge in [0.1, 0.15) is 5.75 Å². The van der Waals surface area contributed by atoms with Crippen molar-refractivity contribution in [1.29, 1.82) is 0 Å². The van der Waals surface area contributed by atoms with E-state index in [1.165, 1.54) is 12.8 Å². The van der Waals surface area contributed by atoms with Gasteiger partial charge in [0.05, 0.1) is 12.3 Å². The molecule has 2 heteroatoms. The van der Waals surface area contributed by atoms with Gasteiger partial charge in [0.2, 0.25) is 0 Å². The van der Waals surface area contributed by atoms with Crippen molar-refractivity contribution in [1.82, 2.24) is 4.98 Å². The fourth-order valence-corrected chi connectivity index (χ4v) is 0.795. The summed E-state index contributed by atoms with van der Waals surface area (Å²) in [5.74, 6) is 0.894. The Morgan fingerprint density at radius 3 is 3.00 bits per heavy atom. The molecular weight excluding hydrogens is 126 g/mol. The Labute approximate surface area is 59.9 Å². The topological polar surface area (TPSA) is 22.1 Å². The molecule has 0 amide bonds. The maximum Gasteiger partial charge on any atom is 0.137 e. The zero-order valence-electron chi connectivity index (χ0n) is 5.66. The number of pyridine rings is 1. The lowest BCUT2D eigenvalue weighted by Crippen LogP contribution is -1.95. The van der Waals surface area contributed by atoms with Crippen LogP contribution in [0.5, 0.6) is 5.75 Å². The molecule has 1 aliphatic carbocycles. The van der Waals surface area contributed by atoms with Crippen molar-refractivity contribution < 1.29 is 4.74 Å². The van der Waals surface area contributed by atoms with E-state index in [0.29, 0.717) is 6.10 Å². The predicted octanol–water partition coefficient (Wildman–Crippen LogP) is 1.62.